The number of aliphatic imine (C=N–C) groups is 1. The lowest BCUT2D eigenvalue weighted by molar-refractivity contribution is 0.551. The summed E-state index contributed by atoms with van der Waals surface area (Å²) in [5, 5.41) is 0. The van der Waals surface area contributed by atoms with Gasteiger partial charge in [-0.25, -0.2) is 0 Å². The van der Waals surface area contributed by atoms with Crippen molar-refractivity contribution < 1.29 is 0 Å². The molecule has 0 radical (unpaired) electrons. The number of hydrogen-bond donors (Lipinski definition) is 0. The third-order valence-electron chi connectivity index (χ3n) is 2.51. The van der Waals surface area contributed by atoms with Gasteiger partial charge >= 0.3 is 0 Å². The maximum atomic E-state index is 4.51. The Balaban J connectivity index is 2.45. The lowest BCUT2D eigenvalue weighted by Crippen LogP contribution is -2.28. The van der Waals surface area contributed by atoms with E-state index in [0.717, 1.165) is 6.42 Å². The molecule has 12 heavy (non-hydrogen) atoms. The number of fused-ring (bicyclic) bond motifs is 1. The van der Waals surface area contributed by atoms with Gasteiger partial charge in [-0.15, -0.1) is 0 Å². The zero-order chi connectivity index (χ0) is 8.60. The summed E-state index contributed by atoms with van der Waals surface area (Å²) in [5.41, 5.74) is 2.76. The first-order chi connectivity index (χ1) is 5.71. The van der Waals surface area contributed by atoms with Gasteiger partial charge < -0.3 is 0 Å². The van der Waals surface area contributed by atoms with Crippen LogP contribution in [0, 0.1) is 0 Å². The Bertz CT molecular complexity index is 318. The topological polar surface area (TPSA) is 12.4 Å². The fourth-order valence-corrected chi connectivity index (χ4v) is 1.83. The third-order valence-corrected chi connectivity index (χ3v) is 2.51. The van der Waals surface area contributed by atoms with Crippen LogP contribution >= 0.6 is 0 Å². The molecule has 0 aromatic carbocycles. The van der Waals surface area contributed by atoms with Gasteiger partial charge in [0.1, 0.15) is 0 Å². The van der Waals surface area contributed by atoms with E-state index in [-0.39, 0.29) is 5.54 Å². The van der Waals surface area contributed by atoms with Gasteiger partial charge in [0.05, 0.1) is 5.54 Å². The molecule has 0 amide bonds. The summed E-state index contributed by atoms with van der Waals surface area (Å²) in [6.07, 6.45) is 11.5. The second-order valence-electron chi connectivity index (χ2n) is 3.72. The molecule has 2 aliphatic rings. The number of nitrogens with zero attached hydrogens (tertiary/aromatic N) is 1. The van der Waals surface area contributed by atoms with E-state index in [1.165, 1.54) is 11.1 Å². The lowest BCUT2D eigenvalue weighted by Gasteiger charge is -2.31. The molecule has 1 nitrogen and oxygen atoms in total. The highest BCUT2D eigenvalue weighted by atomic mass is 14.9. The van der Waals surface area contributed by atoms with E-state index >= 15 is 0 Å². The summed E-state index contributed by atoms with van der Waals surface area (Å²) in [6.45, 7) is 4.35. The predicted molar refractivity (Wildman–Crippen MR) is 52.5 cm³/mol. The molecule has 62 valence electrons. The molecule has 1 atom stereocenters. The molecule has 0 aromatic heterocycles. The van der Waals surface area contributed by atoms with E-state index in [1.807, 2.05) is 12.3 Å². The summed E-state index contributed by atoms with van der Waals surface area (Å²) in [7, 11) is 0. The largest absolute Gasteiger partial charge is 0.282 e. The Hall–Kier alpha value is -1.11. The highest BCUT2D eigenvalue weighted by Gasteiger charge is 2.29. The quantitative estimate of drug-likeness (QED) is 0.515. The summed E-state index contributed by atoms with van der Waals surface area (Å²) >= 11 is 0. The first kappa shape index (κ1) is 7.53. The molecule has 2 rings (SSSR count). The Labute approximate surface area is 73.2 Å². The molecule has 1 heterocycles. The second kappa shape index (κ2) is 2.44. The zero-order valence-electron chi connectivity index (χ0n) is 7.54. The van der Waals surface area contributed by atoms with Crippen molar-refractivity contribution in [2.24, 2.45) is 4.99 Å². The Morgan fingerprint density at radius 1 is 1.42 bits per heavy atom. The molecule has 1 aliphatic heterocycles. The smallest absolute Gasteiger partial charge is 0.0865 e. The van der Waals surface area contributed by atoms with Crippen molar-refractivity contribution in [2.45, 2.75) is 25.8 Å². The molecule has 1 heteroatoms. The molecule has 0 fully saturated rings. The van der Waals surface area contributed by atoms with E-state index < -0.39 is 0 Å². The Morgan fingerprint density at radius 2 is 2.25 bits per heavy atom. The van der Waals surface area contributed by atoms with Crippen molar-refractivity contribution >= 4 is 6.21 Å². The second-order valence-corrected chi connectivity index (χ2v) is 3.72. The lowest BCUT2D eigenvalue weighted by atomic mass is 9.81. The van der Waals surface area contributed by atoms with Crippen LogP contribution in [0.4, 0.5) is 0 Å². The molecule has 1 aliphatic carbocycles. The average Bonchev–Trinajstić information content (AvgIpc) is 2.02. The van der Waals surface area contributed by atoms with Crippen LogP contribution in [0.15, 0.2) is 40.4 Å². The average molecular weight is 159 g/mol. The molecule has 1 unspecified atom stereocenters. The summed E-state index contributed by atoms with van der Waals surface area (Å²) in [4.78, 5) is 4.51. The van der Waals surface area contributed by atoms with Crippen LogP contribution in [-0.2, 0) is 0 Å². The third kappa shape index (κ3) is 1.06. The molecule has 0 saturated heterocycles. The van der Waals surface area contributed by atoms with Crippen LogP contribution in [0.1, 0.15) is 20.3 Å². The Kier molecular flexibility index (Phi) is 1.53. The summed E-state index contributed by atoms with van der Waals surface area (Å²) < 4.78 is 0. The molecule has 0 aromatic rings. The van der Waals surface area contributed by atoms with Gasteiger partial charge in [0.25, 0.3) is 0 Å². The first-order valence-corrected chi connectivity index (χ1v) is 4.30. The highest BCUT2D eigenvalue weighted by Crippen LogP contribution is 2.34. The van der Waals surface area contributed by atoms with Gasteiger partial charge in [0.2, 0.25) is 0 Å². The number of allylic oxidation sites excluding steroid dienone is 3. The van der Waals surface area contributed by atoms with Crippen molar-refractivity contribution in [1.82, 2.24) is 0 Å². The normalized spacial score (nSPS) is 32.5. The minimum absolute atomic E-state index is 0.0214. The minimum atomic E-state index is 0.0214. The van der Waals surface area contributed by atoms with Gasteiger partial charge in [-0.05, 0) is 31.9 Å². The summed E-state index contributed by atoms with van der Waals surface area (Å²) in [5.74, 6) is 0. The van der Waals surface area contributed by atoms with Gasteiger partial charge in [-0.1, -0.05) is 23.8 Å². The molecule has 0 saturated carbocycles. The fourth-order valence-electron chi connectivity index (χ4n) is 1.83. The van der Waals surface area contributed by atoms with Gasteiger partial charge in [0, 0.05) is 6.21 Å². The molecular weight excluding hydrogens is 146 g/mol. The molecule has 0 bridgehead atoms. The van der Waals surface area contributed by atoms with Crippen LogP contribution in [0.2, 0.25) is 0 Å². The summed E-state index contributed by atoms with van der Waals surface area (Å²) in [6, 6.07) is 0. The van der Waals surface area contributed by atoms with Crippen LogP contribution in [0.25, 0.3) is 0 Å². The molecule has 0 N–H and O–H groups in total. The van der Waals surface area contributed by atoms with E-state index in [2.05, 4.69) is 37.1 Å². The Morgan fingerprint density at radius 3 is 3.08 bits per heavy atom. The maximum absolute atomic E-state index is 4.51. The number of dihydropyridines is 1. The maximum Gasteiger partial charge on any atom is 0.0865 e. The zero-order valence-corrected chi connectivity index (χ0v) is 7.54. The van der Waals surface area contributed by atoms with Crippen molar-refractivity contribution in [2.75, 3.05) is 0 Å². The van der Waals surface area contributed by atoms with Crippen LogP contribution in [0.5, 0.6) is 0 Å². The van der Waals surface area contributed by atoms with E-state index in [0.29, 0.717) is 0 Å². The number of rotatable bonds is 0. The monoisotopic (exact) mass is 159 g/mol. The predicted octanol–water partition coefficient (Wildman–Crippen LogP) is 2.66. The van der Waals surface area contributed by atoms with Gasteiger partial charge in [0.15, 0.2) is 0 Å². The van der Waals surface area contributed by atoms with Crippen LogP contribution in [0.3, 0.4) is 0 Å². The molecular formula is C11H13N. The van der Waals surface area contributed by atoms with Crippen LogP contribution < -0.4 is 0 Å². The fraction of sp³-hybridized carbons (Fsp3) is 0.364. The van der Waals surface area contributed by atoms with Crippen LogP contribution in [-0.4, -0.2) is 11.8 Å². The van der Waals surface area contributed by atoms with E-state index in [9.17, 15) is 0 Å². The van der Waals surface area contributed by atoms with E-state index in [4.69, 9.17) is 0 Å². The standard InChI is InChI=1S/C11H13N/c1-9-5-6-10-4-3-7-12-11(10,2)8-9/h3-7H,8H2,1-2H3. The van der Waals surface area contributed by atoms with E-state index in [1.54, 1.807) is 0 Å². The van der Waals surface area contributed by atoms with Crippen molar-refractivity contribution in [3.8, 4) is 0 Å². The highest BCUT2D eigenvalue weighted by molar-refractivity contribution is 5.75. The number of hydrogen-bond acceptors (Lipinski definition) is 1. The van der Waals surface area contributed by atoms with Gasteiger partial charge in [-0.2, -0.15) is 0 Å². The van der Waals surface area contributed by atoms with Crippen molar-refractivity contribution in [1.29, 1.82) is 0 Å². The van der Waals surface area contributed by atoms with Gasteiger partial charge in [-0.3, -0.25) is 4.99 Å². The molecule has 0 spiro atoms. The minimum Gasteiger partial charge on any atom is -0.282 e. The SMILES string of the molecule is CC1=CC=C2C=CC=NC2(C)C1. The van der Waals surface area contributed by atoms with Crippen molar-refractivity contribution in [3.05, 3.63) is 35.5 Å². The first-order valence-electron chi connectivity index (χ1n) is 4.30. The van der Waals surface area contributed by atoms with Crippen molar-refractivity contribution in [3.63, 3.8) is 0 Å².